The van der Waals surface area contributed by atoms with Crippen molar-refractivity contribution < 1.29 is 5.11 Å². The van der Waals surface area contributed by atoms with E-state index in [0.717, 1.165) is 13.1 Å². The van der Waals surface area contributed by atoms with Crippen LogP contribution in [0.1, 0.15) is 54.4 Å². The molecule has 110 valence electrons. The predicted molar refractivity (Wildman–Crippen MR) is 79.6 cm³/mol. The molecule has 0 heterocycles. The van der Waals surface area contributed by atoms with Crippen LogP contribution in [-0.2, 0) is 0 Å². The van der Waals surface area contributed by atoms with Gasteiger partial charge in [0, 0.05) is 18.6 Å². The van der Waals surface area contributed by atoms with Crippen molar-refractivity contribution in [3.05, 3.63) is 0 Å². The van der Waals surface area contributed by atoms with Crippen LogP contribution in [0.3, 0.4) is 0 Å². The molecule has 3 nitrogen and oxygen atoms in total. The quantitative estimate of drug-likeness (QED) is 0.703. The summed E-state index contributed by atoms with van der Waals surface area (Å²) in [5.41, 5.74) is 6.36. The Morgan fingerprint density at radius 1 is 1.11 bits per heavy atom. The van der Waals surface area contributed by atoms with Crippen molar-refractivity contribution in [2.45, 2.75) is 66.5 Å². The minimum atomic E-state index is -0.00295. The lowest BCUT2D eigenvalue weighted by Crippen LogP contribution is -2.56. The van der Waals surface area contributed by atoms with E-state index < -0.39 is 0 Å². The van der Waals surface area contributed by atoms with Gasteiger partial charge in [-0.1, -0.05) is 54.4 Å². The van der Waals surface area contributed by atoms with E-state index >= 15 is 0 Å². The fourth-order valence-corrected chi connectivity index (χ4v) is 2.41. The molecule has 0 fully saturated rings. The number of likely N-dealkylation sites (N-methyl/N-ethyl adjacent to an activating group) is 1. The van der Waals surface area contributed by atoms with Gasteiger partial charge in [0.1, 0.15) is 0 Å². The summed E-state index contributed by atoms with van der Waals surface area (Å²) in [5, 5.41) is 9.70. The molecule has 0 bridgehead atoms. The average Bonchev–Trinajstić information content (AvgIpc) is 2.32. The zero-order valence-electron chi connectivity index (χ0n) is 13.2. The second-order valence-electron chi connectivity index (χ2n) is 6.41. The summed E-state index contributed by atoms with van der Waals surface area (Å²) in [6.07, 6.45) is 2.38. The molecule has 0 aromatic heterocycles. The highest BCUT2D eigenvalue weighted by atomic mass is 16.3. The number of hydrogen-bond acceptors (Lipinski definition) is 3. The molecule has 0 amide bonds. The van der Waals surface area contributed by atoms with E-state index in [1.54, 1.807) is 0 Å². The largest absolute Gasteiger partial charge is 0.395 e. The van der Waals surface area contributed by atoms with Gasteiger partial charge in [0.15, 0.2) is 0 Å². The third-order valence-corrected chi connectivity index (χ3v) is 4.12. The molecule has 0 aliphatic carbocycles. The van der Waals surface area contributed by atoms with Gasteiger partial charge in [-0.2, -0.15) is 0 Å². The molecule has 0 aromatic rings. The number of aliphatic hydroxyl groups excluding tert-OH is 1. The molecule has 0 rings (SSSR count). The minimum Gasteiger partial charge on any atom is -0.395 e. The molecule has 0 spiro atoms. The third kappa shape index (κ3) is 5.25. The fourth-order valence-electron chi connectivity index (χ4n) is 2.41. The molecule has 0 saturated heterocycles. The number of nitrogens with two attached hydrogens (primary N) is 1. The Balaban J connectivity index is 4.77. The molecule has 18 heavy (non-hydrogen) atoms. The zero-order chi connectivity index (χ0) is 14.3. The van der Waals surface area contributed by atoms with Crippen LogP contribution < -0.4 is 5.73 Å². The van der Waals surface area contributed by atoms with Crippen LogP contribution in [0, 0.1) is 11.3 Å². The van der Waals surface area contributed by atoms with Crippen LogP contribution in [0.2, 0.25) is 0 Å². The molecule has 0 saturated carbocycles. The molecule has 0 aliphatic heterocycles. The van der Waals surface area contributed by atoms with Crippen LogP contribution in [0.5, 0.6) is 0 Å². The van der Waals surface area contributed by atoms with E-state index in [4.69, 9.17) is 5.73 Å². The highest BCUT2D eigenvalue weighted by Gasteiger charge is 2.32. The van der Waals surface area contributed by atoms with Crippen molar-refractivity contribution in [2.24, 2.45) is 17.1 Å². The van der Waals surface area contributed by atoms with Crippen molar-refractivity contribution in [3.63, 3.8) is 0 Å². The molecular formula is C15H34N2O. The van der Waals surface area contributed by atoms with Crippen LogP contribution in [0.4, 0.5) is 0 Å². The number of rotatable bonds is 8. The fraction of sp³-hybridized carbons (Fsp3) is 1.00. The summed E-state index contributed by atoms with van der Waals surface area (Å²) in [5.74, 6) is 0.700. The van der Waals surface area contributed by atoms with Gasteiger partial charge in [0.2, 0.25) is 0 Å². The Labute approximate surface area is 114 Å². The monoisotopic (exact) mass is 258 g/mol. The highest BCUT2D eigenvalue weighted by molar-refractivity contribution is 4.90. The maximum absolute atomic E-state index is 9.70. The average molecular weight is 258 g/mol. The van der Waals surface area contributed by atoms with Gasteiger partial charge in [-0.15, -0.1) is 0 Å². The maximum atomic E-state index is 9.70. The lowest BCUT2D eigenvalue weighted by Gasteiger charge is -2.41. The first-order valence-corrected chi connectivity index (χ1v) is 7.42. The van der Waals surface area contributed by atoms with Crippen molar-refractivity contribution in [1.82, 2.24) is 4.90 Å². The summed E-state index contributed by atoms with van der Waals surface area (Å²) in [6, 6.07) is 0.0624. The van der Waals surface area contributed by atoms with Crippen molar-refractivity contribution in [3.8, 4) is 0 Å². The molecule has 2 atom stereocenters. The first kappa shape index (κ1) is 17.9. The van der Waals surface area contributed by atoms with Gasteiger partial charge >= 0.3 is 0 Å². The van der Waals surface area contributed by atoms with E-state index in [1.807, 2.05) is 0 Å². The Kier molecular flexibility index (Phi) is 8.08. The maximum Gasteiger partial charge on any atom is 0.0602 e. The van der Waals surface area contributed by atoms with E-state index in [1.165, 1.54) is 12.8 Å². The third-order valence-electron chi connectivity index (χ3n) is 4.12. The normalized spacial score (nSPS) is 16.3. The van der Waals surface area contributed by atoms with Crippen LogP contribution in [0.15, 0.2) is 0 Å². The van der Waals surface area contributed by atoms with Crippen LogP contribution in [-0.4, -0.2) is 41.8 Å². The van der Waals surface area contributed by atoms with Crippen molar-refractivity contribution in [1.29, 1.82) is 0 Å². The van der Waals surface area contributed by atoms with Gasteiger partial charge in [0.25, 0.3) is 0 Å². The molecule has 0 aromatic carbocycles. The lowest BCUT2D eigenvalue weighted by atomic mass is 9.82. The first-order chi connectivity index (χ1) is 8.31. The zero-order valence-corrected chi connectivity index (χ0v) is 13.2. The van der Waals surface area contributed by atoms with Gasteiger partial charge < -0.3 is 10.8 Å². The van der Waals surface area contributed by atoms with Gasteiger partial charge in [0.05, 0.1) is 6.61 Å². The Hall–Kier alpha value is -0.120. The van der Waals surface area contributed by atoms with Crippen molar-refractivity contribution >= 4 is 0 Å². The summed E-state index contributed by atoms with van der Waals surface area (Å²) < 4.78 is 0. The molecule has 3 heteroatoms. The smallest absolute Gasteiger partial charge is 0.0602 e. The standard InChI is InChI=1S/C15H34N2O/c1-7-12(8-2)10-17(9-3)13(11-18)14(16)15(4,5)6/h12-14,18H,7-11,16H2,1-6H3. The minimum absolute atomic E-state index is 0.00295. The van der Waals surface area contributed by atoms with Crippen LogP contribution >= 0.6 is 0 Å². The molecular weight excluding hydrogens is 224 g/mol. The number of nitrogens with zero attached hydrogens (tertiary/aromatic N) is 1. The predicted octanol–water partition coefficient (Wildman–Crippen LogP) is 2.48. The summed E-state index contributed by atoms with van der Waals surface area (Å²) >= 11 is 0. The first-order valence-electron chi connectivity index (χ1n) is 7.42. The Morgan fingerprint density at radius 3 is 1.89 bits per heavy atom. The summed E-state index contributed by atoms with van der Waals surface area (Å²) in [6.45, 7) is 15.2. The second-order valence-corrected chi connectivity index (χ2v) is 6.41. The summed E-state index contributed by atoms with van der Waals surface area (Å²) in [4.78, 5) is 2.35. The van der Waals surface area contributed by atoms with E-state index in [0.29, 0.717) is 5.92 Å². The lowest BCUT2D eigenvalue weighted by molar-refractivity contribution is 0.0620. The van der Waals surface area contributed by atoms with Gasteiger partial charge in [-0.25, -0.2) is 0 Å². The number of hydrogen-bond donors (Lipinski definition) is 2. The SMILES string of the molecule is CCC(CC)CN(CC)C(CO)C(N)C(C)(C)C. The van der Waals surface area contributed by atoms with Gasteiger partial charge in [-0.05, 0) is 17.9 Å². The molecule has 0 radical (unpaired) electrons. The second kappa shape index (κ2) is 8.13. The van der Waals surface area contributed by atoms with Crippen LogP contribution in [0.25, 0.3) is 0 Å². The summed E-state index contributed by atoms with van der Waals surface area (Å²) in [7, 11) is 0. The van der Waals surface area contributed by atoms with E-state index in [-0.39, 0.29) is 24.1 Å². The molecule has 2 unspecified atom stereocenters. The van der Waals surface area contributed by atoms with Gasteiger partial charge in [-0.3, -0.25) is 4.90 Å². The Bertz CT molecular complexity index is 209. The number of aliphatic hydroxyl groups is 1. The highest BCUT2D eigenvalue weighted by Crippen LogP contribution is 2.24. The molecule has 3 N–H and O–H groups in total. The van der Waals surface area contributed by atoms with E-state index in [2.05, 4.69) is 46.4 Å². The van der Waals surface area contributed by atoms with Crippen molar-refractivity contribution in [2.75, 3.05) is 19.7 Å². The Morgan fingerprint density at radius 2 is 1.61 bits per heavy atom. The topological polar surface area (TPSA) is 49.5 Å². The molecule has 0 aliphatic rings. The van der Waals surface area contributed by atoms with E-state index in [9.17, 15) is 5.11 Å².